The number of hydrogen-bond acceptors (Lipinski definition) is 5. The van der Waals surface area contributed by atoms with Crippen molar-refractivity contribution in [1.82, 2.24) is 9.88 Å². The number of alkyl halides is 9. The van der Waals surface area contributed by atoms with E-state index >= 15 is 0 Å². The summed E-state index contributed by atoms with van der Waals surface area (Å²) in [5.74, 6) is 0. The average Bonchev–Trinajstić information content (AvgIpc) is 3.47. The first-order chi connectivity index (χ1) is 18.9. The Balaban J connectivity index is 1.73. The Kier molecular flexibility index (Phi) is 8.08. The summed E-state index contributed by atoms with van der Waals surface area (Å²) in [5.41, 5.74) is -4.52. The second-order valence-corrected chi connectivity index (χ2v) is 10.4. The lowest BCUT2D eigenvalue weighted by Crippen LogP contribution is -2.32. The van der Waals surface area contributed by atoms with Crippen LogP contribution in [0.25, 0.3) is 10.6 Å². The highest BCUT2D eigenvalue weighted by molar-refractivity contribution is 7.15. The van der Waals surface area contributed by atoms with Gasteiger partial charge in [0.25, 0.3) is 0 Å². The van der Waals surface area contributed by atoms with Gasteiger partial charge in [-0.15, -0.1) is 11.3 Å². The number of nitrogens with zero attached hydrogens (tertiary/aromatic N) is 2. The number of thiazole rings is 1. The summed E-state index contributed by atoms with van der Waals surface area (Å²) in [6, 6.07) is 2.56. The minimum absolute atomic E-state index is 0.00438. The van der Waals surface area contributed by atoms with Crippen molar-refractivity contribution in [3.63, 3.8) is 0 Å². The van der Waals surface area contributed by atoms with Gasteiger partial charge in [-0.25, -0.2) is 9.78 Å². The molecule has 222 valence electrons. The third-order valence-corrected chi connectivity index (χ3v) is 7.80. The second-order valence-electron chi connectivity index (χ2n) is 9.33. The molecule has 1 aromatic heterocycles. The van der Waals surface area contributed by atoms with E-state index in [0.29, 0.717) is 22.0 Å². The molecule has 1 aliphatic heterocycles. The maximum atomic E-state index is 13.6. The normalized spacial score (nSPS) is 19.0. The number of carbonyl (C=O) groups excluding carboxylic acids is 1. The largest absolute Gasteiger partial charge is 0.439 e. The summed E-state index contributed by atoms with van der Waals surface area (Å²) < 4.78 is 131. The molecule has 0 aliphatic carbocycles. The van der Waals surface area contributed by atoms with Crippen LogP contribution in [0.5, 0.6) is 0 Å². The zero-order chi connectivity index (χ0) is 30.5. The zero-order valence-electron chi connectivity index (χ0n) is 21.4. The van der Waals surface area contributed by atoms with Crippen LogP contribution in [0.4, 0.5) is 44.3 Å². The van der Waals surface area contributed by atoms with Crippen LogP contribution in [0.3, 0.4) is 0 Å². The van der Waals surface area contributed by atoms with Gasteiger partial charge in [0.05, 0.1) is 40.3 Å². The average molecular weight is 613 g/mol. The van der Waals surface area contributed by atoms with E-state index in [9.17, 15) is 44.3 Å². The summed E-state index contributed by atoms with van der Waals surface area (Å²) in [7, 11) is 1.46. The lowest BCUT2D eigenvalue weighted by Gasteiger charge is -2.23. The van der Waals surface area contributed by atoms with E-state index in [2.05, 4.69) is 4.98 Å². The summed E-state index contributed by atoms with van der Waals surface area (Å²) in [4.78, 5) is 18.7. The molecule has 3 atom stereocenters. The lowest BCUT2D eigenvalue weighted by atomic mass is 9.97. The Morgan fingerprint density at radius 1 is 0.951 bits per heavy atom. The number of aromatic nitrogens is 1. The van der Waals surface area contributed by atoms with Gasteiger partial charge in [0.2, 0.25) is 0 Å². The predicted octanol–water partition coefficient (Wildman–Crippen LogP) is 8.66. The number of hydrogen-bond donors (Lipinski definition) is 0. The van der Waals surface area contributed by atoms with Crippen molar-refractivity contribution in [2.75, 3.05) is 7.11 Å². The van der Waals surface area contributed by atoms with E-state index in [0.717, 1.165) is 28.4 Å². The highest BCUT2D eigenvalue weighted by Gasteiger charge is 2.43. The third-order valence-electron chi connectivity index (χ3n) is 6.61. The third kappa shape index (κ3) is 6.45. The van der Waals surface area contributed by atoms with Crippen LogP contribution >= 0.6 is 11.3 Å². The van der Waals surface area contributed by atoms with Crippen molar-refractivity contribution in [3.8, 4) is 10.6 Å². The molecule has 4 rings (SSSR count). The first kappa shape index (κ1) is 30.6. The highest BCUT2D eigenvalue weighted by Crippen LogP contribution is 2.42. The van der Waals surface area contributed by atoms with Crippen LogP contribution in [-0.2, 0) is 34.5 Å². The van der Waals surface area contributed by atoms with Crippen LogP contribution in [0.15, 0.2) is 42.6 Å². The fraction of sp³-hybridized carbons (Fsp3) is 0.385. The Hall–Kier alpha value is -3.33. The van der Waals surface area contributed by atoms with Crippen LogP contribution in [0.1, 0.15) is 58.7 Å². The molecule has 2 aromatic carbocycles. The standard InChI is InChI=1S/C26H21F9N2O3S/c1-12-21(14-6-17(25(30,31)32)9-18(7-14)26(33,34)35)40-23(38)37(12)11-15-8-16(24(27,28)29)4-5-19(15)22-36-10-20(41-22)13(2)39-3/h4-10,12-13,21H,11H2,1-3H3/t12-,13?,21-/m0/s1. The zero-order valence-corrected chi connectivity index (χ0v) is 22.2. The molecule has 5 nitrogen and oxygen atoms in total. The monoisotopic (exact) mass is 612 g/mol. The van der Waals surface area contributed by atoms with Crippen molar-refractivity contribution >= 4 is 17.4 Å². The van der Waals surface area contributed by atoms with Crippen LogP contribution < -0.4 is 0 Å². The van der Waals surface area contributed by atoms with Gasteiger partial charge in [-0.05, 0) is 55.3 Å². The first-order valence-corrected chi connectivity index (χ1v) is 12.7. The molecule has 0 N–H and O–H groups in total. The van der Waals surface area contributed by atoms with Gasteiger partial charge >= 0.3 is 24.6 Å². The molecule has 0 bridgehead atoms. The quantitative estimate of drug-likeness (QED) is 0.262. The molecule has 0 saturated carbocycles. The van der Waals surface area contributed by atoms with Crippen molar-refractivity contribution in [2.45, 2.75) is 57.2 Å². The number of halogens is 9. The van der Waals surface area contributed by atoms with Gasteiger partial charge in [-0.1, -0.05) is 6.07 Å². The van der Waals surface area contributed by atoms with Crippen LogP contribution in [0, 0.1) is 0 Å². The minimum atomic E-state index is -5.12. The number of ether oxygens (including phenoxy) is 2. The van der Waals surface area contributed by atoms with Gasteiger partial charge < -0.3 is 9.47 Å². The van der Waals surface area contributed by atoms with Crippen LogP contribution in [0.2, 0.25) is 0 Å². The Labute approximate surface area is 231 Å². The fourth-order valence-corrected chi connectivity index (χ4v) is 5.32. The van der Waals surface area contributed by atoms with Gasteiger partial charge in [-0.3, -0.25) is 4.90 Å². The summed E-state index contributed by atoms with van der Waals surface area (Å²) in [6.07, 6.45) is -16.5. The molecular formula is C26H21F9N2O3S. The highest BCUT2D eigenvalue weighted by atomic mass is 32.1. The Morgan fingerprint density at radius 2 is 1.54 bits per heavy atom. The second kappa shape index (κ2) is 10.8. The van der Waals surface area contributed by atoms with Gasteiger partial charge in [0.15, 0.2) is 0 Å². The van der Waals surface area contributed by atoms with Crippen LogP contribution in [-0.4, -0.2) is 29.1 Å². The summed E-state index contributed by atoms with van der Waals surface area (Å²) in [6.45, 7) is 2.57. The van der Waals surface area contributed by atoms with Gasteiger partial charge in [0, 0.05) is 18.9 Å². The number of carbonyl (C=O) groups is 1. The minimum Gasteiger partial charge on any atom is -0.439 e. The molecule has 0 spiro atoms. The maximum Gasteiger partial charge on any atom is 0.416 e. The Morgan fingerprint density at radius 3 is 2.07 bits per heavy atom. The molecule has 1 fully saturated rings. The molecule has 1 aliphatic rings. The molecule has 2 heterocycles. The molecule has 3 aromatic rings. The summed E-state index contributed by atoms with van der Waals surface area (Å²) in [5, 5.41) is 0.317. The SMILES string of the molecule is COC(C)c1cnc(-c2ccc(C(F)(F)F)cc2CN2C(=O)O[C@H](c3cc(C(F)(F)F)cc(C(F)(F)F)c3)[C@@H]2C)s1. The maximum absolute atomic E-state index is 13.6. The number of cyclic esters (lactones) is 1. The first-order valence-electron chi connectivity index (χ1n) is 11.9. The Bertz CT molecular complexity index is 1400. The molecule has 0 radical (unpaired) electrons. The van der Waals surface area contributed by atoms with Crippen molar-refractivity contribution in [3.05, 3.63) is 75.3 Å². The van der Waals surface area contributed by atoms with E-state index in [4.69, 9.17) is 9.47 Å². The lowest BCUT2D eigenvalue weighted by molar-refractivity contribution is -0.143. The molecule has 1 unspecified atom stereocenters. The number of benzene rings is 2. The molecule has 1 amide bonds. The molecule has 41 heavy (non-hydrogen) atoms. The smallest absolute Gasteiger partial charge is 0.416 e. The topological polar surface area (TPSA) is 51.7 Å². The predicted molar refractivity (Wildman–Crippen MR) is 129 cm³/mol. The molecular weight excluding hydrogens is 591 g/mol. The fourth-order valence-electron chi connectivity index (χ4n) is 4.31. The van der Waals surface area contributed by atoms with Crippen molar-refractivity contribution in [2.24, 2.45) is 0 Å². The van der Waals surface area contributed by atoms with E-state index < -0.39 is 65.6 Å². The number of rotatable bonds is 6. The van der Waals surface area contributed by atoms with Gasteiger partial charge in [-0.2, -0.15) is 39.5 Å². The van der Waals surface area contributed by atoms with Crippen molar-refractivity contribution in [1.29, 1.82) is 0 Å². The van der Waals surface area contributed by atoms with E-state index in [1.54, 1.807) is 6.92 Å². The van der Waals surface area contributed by atoms with E-state index in [1.165, 1.54) is 26.3 Å². The van der Waals surface area contributed by atoms with E-state index in [1.807, 2.05) is 0 Å². The summed E-state index contributed by atoms with van der Waals surface area (Å²) >= 11 is 1.15. The number of methoxy groups -OCH3 is 1. The number of amides is 1. The van der Waals surface area contributed by atoms with E-state index in [-0.39, 0.29) is 23.3 Å². The molecule has 1 saturated heterocycles. The molecule has 15 heteroatoms. The van der Waals surface area contributed by atoms with Crippen molar-refractivity contribution < 1.29 is 53.8 Å². The van der Waals surface area contributed by atoms with Gasteiger partial charge in [0.1, 0.15) is 11.1 Å².